The van der Waals surface area contributed by atoms with Crippen molar-refractivity contribution in [1.82, 2.24) is 49.9 Å². The predicted molar refractivity (Wildman–Crippen MR) is 211 cm³/mol. The molecular formula is C34H25Cl4N11O10. The van der Waals surface area contributed by atoms with E-state index >= 15 is 0 Å². The molecule has 5 N–H and O–H groups in total. The summed E-state index contributed by atoms with van der Waals surface area (Å²) in [6.45, 7) is 7.33. The van der Waals surface area contributed by atoms with Crippen molar-refractivity contribution in [2.75, 3.05) is 0 Å². The Morgan fingerprint density at radius 1 is 0.661 bits per heavy atom. The third-order valence-electron chi connectivity index (χ3n) is 7.69. The fraction of sp³-hybridized carbons (Fsp3) is 0.176. The van der Waals surface area contributed by atoms with Gasteiger partial charge in [0.1, 0.15) is 6.07 Å². The van der Waals surface area contributed by atoms with Crippen LogP contribution in [0.25, 0.3) is 11.4 Å². The number of carbonyl (C=O) groups is 1. The molecule has 0 bridgehead atoms. The van der Waals surface area contributed by atoms with E-state index in [1.165, 1.54) is 36.4 Å². The molecule has 0 saturated heterocycles. The first kappa shape index (κ1) is 43.3. The Bertz CT molecular complexity index is 3010. The normalized spacial score (nSPS) is 10.9. The molecule has 0 radical (unpaired) electrons. The standard InChI is InChI=1S/C17H12Cl2N6O4.C17H13Cl2N5O6/c1-7(2)9-5-13(22-23-15(9)26)29-14-10(18)3-8(4-11(14)19)25-17(28)21-16(27)12(6-20)24-25;1-6(2)8-5-11(21-22-14(8)25)30-13-9(18)3-7(4-10(13)19)24-17(29)20-15(26)12(23-24)16(27)28/h3-5,7H,1-2H3,(H,23,26)(H,21,27,28);3-6H,1-2H3,(H,22,25)(H,27,28)(H,20,26,29). The third-order valence-corrected chi connectivity index (χ3v) is 8.82. The number of aromatic carboxylic acids is 1. The lowest BCUT2D eigenvalue weighted by atomic mass is 10.1. The van der Waals surface area contributed by atoms with Crippen LogP contribution in [0.3, 0.4) is 0 Å². The van der Waals surface area contributed by atoms with Gasteiger partial charge in [0.25, 0.3) is 22.2 Å². The molecule has 0 saturated carbocycles. The van der Waals surface area contributed by atoms with Crippen molar-refractivity contribution >= 4 is 52.4 Å². The number of nitrogens with one attached hydrogen (secondary N) is 4. The predicted octanol–water partition coefficient (Wildman–Crippen LogP) is 4.02. The van der Waals surface area contributed by atoms with Crippen molar-refractivity contribution in [2.24, 2.45) is 0 Å². The molecule has 2 aromatic carbocycles. The van der Waals surface area contributed by atoms with Crippen molar-refractivity contribution in [2.45, 2.75) is 39.5 Å². The number of aromatic nitrogens is 10. The average molecular weight is 889 g/mol. The van der Waals surface area contributed by atoms with Gasteiger partial charge < -0.3 is 14.6 Å². The number of H-pyrrole nitrogens is 4. The van der Waals surface area contributed by atoms with Gasteiger partial charge in [-0.05, 0) is 36.1 Å². The highest BCUT2D eigenvalue weighted by atomic mass is 35.5. The van der Waals surface area contributed by atoms with Crippen LogP contribution < -0.4 is 43.1 Å². The zero-order valence-corrected chi connectivity index (χ0v) is 33.4. The monoisotopic (exact) mass is 887 g/mol. The van der Waals surface area contributed by atoms with Crippen LogP contribution in [0.1, 0.15) is 66.8 Å². The number of nitrogens with zero attached hydrogens (tertiary/aromatic N) is 7. The molecule has 0 atom stereocenters. The third kappa shape index (κ3) is 9.65. The lowest BCUT2D eigenvalue weighted by Crippen LogP contribution is -2.35. The van der Waals surface area contributed by atoms with E-state index in [-0.39, 0.29) is 77.7 Å². The zero-order chi connectivity index (χ0) is 43.5. The fourth-order valence-electron chi connectivity index (χ4n) is 4.87. The largest absolute Gasteiger partial charge is 0.476 e. The maximum absolute atomic E-state index is 12.0. The number of nitriles is 1. The summed E-state index contributed by atoms with van der Waals surface area (Å²) in [5.41, 5.74) is -5.02. The van der Waals surface area contributed by atoms with Gasteiger partial charge in [-0.1, -0.05) is 74.1 Å². The second-order valence-electron chi connectivity index (χ2n) is 12.4. The lowest BCUT2D eigenvalue weighted by Gasteiger charge is -2.12. The Labute approximate surface area is 347 Å². The Hall–Kier alpha value is -6.86. The first-order valence-electron chi connectivity index (χ1n) is 16.4. The average Bonchev–Trinajstić information content (AvgIpc) is 3.15. The summed E-state index contributed by atoms with van der Waals surface area (Å²) >= 11 is 24.9. The van der Waals surface area contributed by atoms with Gasteiger partial charge in [-0.2, -0.15) is 19.7 Å². The number of halogens is 4. The lowest BCUT2D eigenvalue weighted by molar-refractivity contribution is 0.0685. The first-order valence-corrected chi connectivity index (χ1v) is 17.9. The van der Waals surface area contributed by atoms with Crippen LogP contribution in [0.4, 0.5) is 0 Å². The van der Waals surface area contributed by atoms with E-state index in [1.54, 1.807) is 6.07 Å². The smallest absolute Gasteiger partial charge is 0.362 e. The van der Waals surface area contributed by atoms with Crippen LogP contribution in [0.2, 0.25) is 20.1 Å². The number of rotatable bonds is 9. The van der Waals surface area contributed by atoms with Crippen LogP contribution in [0.15, 0.2) is 65.2 Å². The van der Waals surface area contributed by atoms with E-state index in [0.717, 1.165) is 4.68 Å². The molecule has 6 rings (SSSR count). The molecule has 4 heterocycles. The number of aromatic amines is 4. The molecule has 0 unspecified atom stereocenters. The summed E-state index contributed by atoms with van der Waals surface area (Å²) in [5.74, 6) is -1.67. The summed E-state index contributed by atoms with van der Waals surface area (Å²) in [4.78, 5) is 85.6. The van der Waals surface area contributed by atoms with Gasteiger partial charge in [0, 0.05) is 23.3 Å². The molecule has 4 aromatic heterocycles. The van der Waals surface area contributed by atoms with Gasteiger partial charge in [0.05, 0.1) is 31.5 Å². The first-order chi connectivity index (χ1) is 27.8. The van der Waals surface area contributed by atoms with Crippen LogP contribution in [-0.2, 0) is 0 Å². The molecule has 0 aliphatic carbocycles. The minimum absolute atomic E-state index is 0.00463. The van der Waals surface area contributed by atoms with E-state index in [0.29, 0.717) is 15.8 Å². The summed E-state index contributed by atoms with van der Waals surface area (Å²) in [6.07, 6.45) is 0. The highest BCUT2D eigenvalue weighted by Gasteiger charge is 2.20. The number of benzene rings is 2. The quantitative estimate of drug-likeness (QED) is 0.137. The van der Waals surface area contributed by atoms with Gasteiger partial charge in [-0.3, -0.25) is 29.1 Å². The van der Waals surface area contributed by atoms with Crippen molar-refractivity contribution in [3.63, 3.8) is 0 Å². The minimum Gasteiger partial charge on any atom is -0.476 e. The van der Waals surface area contributed by atoms with Crippen LogP contribution in [-0.4, -0.2) is 61.0 Å². The van der Waals surface area contributed by atoms with Gasteiger partial charge >= 0.3 is 17.3 Å². The Morgan fingerprint density at radius 3 is 1.42 bits per heavy atom. The molecule has 21 nitrogen and oxygen atoms in total. The number of carboxylic acids is 1. The van der Waals surface area contributed by atoms with E-state index in [9.17, 15) is 33.6 Å². The molecular weight excluding hydrogens is 864 g/mol. The Kier molecular flexibility index (Phi) is 13.0. The second kappa shape index (κ2) is 17.7. The van der Waals surface area contributed by atoms with E-state index in [4.69, 9.17) is 66.2 Å². The minimum atomic E-state index is -1.62. The molecule has 0 fully saturated rings. The molecule has 0 spiro atoms. The van der Waals surface area contributed by atoms with Gasteiger partial charge in [0.15, 0.2) is 11.5 Å². The van der Waals surface area contributed by atoms with E-state index in [1.807, 2.05) is 37.7 Å². The zero-order valence-electron chi connectivity index (χ0n) is 30.4. The van der Waals surface area contributed by atoms with Gasteiger partial charge in [0.2, 0.25) is 23.1 Å². The molecule has 0 aliphatic rings. The van der Waals surface area contributed by atoms with E-state index in [2.05, 4.69) is 30.6 Å². The molecule has 0 amide bonds. The maximum Gasteiger partial charge on any atom is 0.362 e. The van der Waals surface area contributed by atoms with Crippen molar-refractivity contribution in [3.05, 3.63) is 141 Å². The van der Waals surface area contributed by atoms with Crippen molar-refractivity contribution in [1.29, 1.82) is 5.26 Å². The number of hydrogen-bond donors (Lipinski definition) is 5. The maximum atomic E-state index is 12.0. The summed E-state index contributed by atoms with van der Waals surface area (Å²) in [6, 6.07) is 9.58. The Morgan fingerprint density at radius 2 is 1.05 bits per heavy atom. The fourth-order valence-corrected chi connectivity index (χ4v) is 5.98. The summed E-state index contributed by atoms with van der Waals surface area (Å²) < 4.78 is 12.6. The van der Waals surface area contributed by atoms with Crippen molar-refractivity contribution < 1.29 is 19.4 Å². The summed E-state index contributed by atoms with van der Waals surface area (Å²) in [7, 11) is 0. The summed E-state index contributed by atoms with van der Waals surface area (Å²) in [5, 5.41) is 37.3. The van der Waals surface area contributed by atoms with Crippen LogP contribution in [0, 0.1) is 11.3 Å². The molecule has 304 valence electrons. The number of hydrogen-bond acceptors (Lipinski definition) is 14. The van der Waals surface area contributed by atoms with E-state index < -0.39 is 39.9 Å². The SMILES string of the molecule is CC(C)c1cc(Oc2c(Cl)cc(-n3nc(C#N)c(=O)[nH]c3=O)cc2Cl)n[nH]c1=O.CC(C)c1cc(Oc2c(Cl)cc(-n3nc(C(=O)O)c(=O)[nH]c3=O)cc2Cl)n[nH]c1=O. The number of ether oxygens (including phenoxy) is 2. The molecule has 6 aromatic rings. The van der Waals surface area contributed by atoms with Gasteiger partial charge in [-0.15, -0.1) is 15.3 Å². The van der Waals surface area contributed by atoms with Crippen LogP contribution in [0.5, 0.6) is 23.3 Å². The molecule has 59 heavy (non-hydrogen) atoms. The molecule has 0 aliphatic heterocycles. The number of carboxylic acid groups (broad SMARTS) is 1. The van der Waals surface area contributed by atoms with Crippen molar-refractivity contribution in [3.8, 4) is 40.7 Å². The Balaban J connectivity index is 0.000000224. The second-order valence-corrected chi connectivity index (χ2v) is 14.1. The molecule has 25 heteroatoms. The highest BCUT2D eigenvalue weighted by molar-refractivity contribution is 6.38. The van der Waals surface area contributed by atoms with Gasteiger partial charge in [-0.25, -0.2) is 24.6 Å². The topological polar surface area (TPSA) is 307 Å². The van der Waals surface area contributed by atoms with Crippen LogP contribution >= 0.6 is 46.4 Å². The highest BCUT2D eigenvalue weighted by Crippen LogP contribution is 2.39.